The lowest BCUT2D eigenvalue weighted by molar-refractivity contribution is 0.102. The molecule has 0 saturated carbocycles. The Hall–Kier alpha value is -2.08. The molecule has 0 bridgehead atoms. The molecule has 0 fully saturated rings. The summed E-state index contributed by atoms with van der Waals surface area (Å²) in [5.41, 5.74) is 10.1. The Kier molecular flexibility index (Phi) is 4.71. The average molecular weight is 318 g/mol. The van der Waals surface area contributed by atoms with Crippen LogP contribution in [0, 0.1) is 6.92 Å². The molecule has 6 heteroatoms. The molecule has 0 saturated heterocycles. The predicted octanol–water partition coefficient (Wildman–Crippen LogP) is 3.89. The minimum absolute atomic E-state index is 0.0928. The quantitative estimate of drug-likeness (QED) is 0.731. The summed E-state index contributed by atoms with van der Waals surface area (Å²) in [6.45, 7) is 8.23. The second-order valence-electron chi connectivity index (χ2n) is 5.94. The minimum Gasteiger partial charge on any atom is -0.397 e. The van der Waals surface area contributed by atoms with Crippen molar-refractivity contribution < 1.29 is 4.79 Å². The monoisotopic (exact) mass is 318 g/mol. The number of amides is 1. The first kappa shape index (κ1) is 16.3. The van der Waals surface area contributed by atoms with Crippen LogP contribution < -0.4 is 16.4 Å². The number of hydrogen-bond donors (Lipinski definition) is 3. The molecule has 0 atom stereocenters. The fraction of sp³-hybridized carbons (Fsp3) is 0.375. The number of rotatable bonds is 5. The van der Waals surface area contributed by atoms with E-state index in [4.69, 9.17) is 5.73 Å². The molecule has 1 heterocycles. The van der Waals surface area contributed by atoms with Gasteiger partial charge in [-0.1, -0.05) is 13.0 Å². The number of nitrogens with two attached hydrogens (primary N) is 1. The van der Waals surface area contributed by atoms with Gasteiger partial charge in [0.2, 0.25) is 0 Å². The van der Waals surface area contributed by atoms with Crippen molar-refractivity contribution in [1.82, 2.24) is 4.98 Å². The third-order valence-corrected chi connectivity index (χ3v) is 4.32. The van der Waals surface area contributed by atoms with E-state index in [1.807, 2.05) is 19.1 Å². The number of hydrogen-bond acceptors (Lipinski definition) is 5. The number of aromatic nitrogens is 1. The third kappa shape index (κ3) is 3.76. The van der Waals surface area contributed by atoms with E-state index in [-0.39, 0.29) is 11.4 Å². The molecule has 2 rings (SSSR count). The van der Waals surface area contributed by atoms with Gasteiger partial charge in [-0.05, 0) is 44.9 Å². The van der Waals surface area contributed by atoms with E-state index in [1.54, 1.807) is 11.6 Å². The molecule has 4 N–H and O–H groups in total. The van der Waals surface area contributed by atoms with Crippen LogP contribution in [0.3, 0.4) is 0 Å². The largest absolute Gasteiger partial charge is 0.397 e. The first-order valence-electron chi connectivity index (χ1n) is 7.21. The second-order valence-corrected chi connectivity index (χ2v) is 6.79. The van der Waals surface area contributed by atoms with E-state index >= 15 is 0 Å². The highest BCUT2D eigenvalue weighted by atomic mass is 32.1. The number of carbonyl (C=O) groups excluding carboxylic acids is 1. The molecule has 0 aliphatic heterocycles. The smallest absolute Gasteiger partial charge is 0.277 e. The average Bonchev–Trinajstić information content (AvgIpc) is 2.89. The van der Waals surface area contributed by atoms with Crippen LogP contribution in [-0.4, -0.2) is 16.4 Å². The van der Waals surface area contributed by atoms with Crippen molar-refractivity contribution in [3.63, 3.8) is 0 Å². The van der Waals surface area contributed by atoms with Gasteiger partial charge in [-0.3, -0.25) is 4.79 Å². The van der Waals surface area contributed by atoms with Crippen LogP contribution in [0.2, 0.25) is 0 Å². The number of anilines is 3. The predicted molar refractivity (Wildman–Crippen MR) is 93.7 cm³/mol. The van der Waals surface area contributed by atoms with Crippen LogP contribution in [-0.2, 0) is 0 Å². The summed E-state index contributed by atoms with van der Waals surface area (Å²) in [5, 5.41) is 6.97. The SMILES string of the molecule is CCC(C)(C)Nc1scnc1C(=O)Nc1ccc(C)cc1N. The van der Waals surface area contributed by atoms with E-state index in [9.17, 15) is 4.79 Å². The Labute approximate surface area is 135 Å². The minimum atomic E-state index is -0.258. The van der Waals surface area contributed by atoms with Crippen molar-refractivity contribution in [2.45, 2.75) is 39.7 Å². The lowest BCUT2D eigenvalue weighted by atomic mass is 10.0. The van der Waals surface area contributed by atoms with Gasteiger partial charge in [-0.15, -0.1) is 11.3 Å². The van der Waals surface area contributed by atoms with Crippen molar-refractivity contribution >= 4 is 33.6 Å². The van der Waals surface area contributed by atoms with Crippen molar-refractivity contribution in [1.29, 1.82) is 0 Å². The summed E-state index contributed by atoms with van der Waals surface area (Å²) in [7, 11) is 0. The molecule has 1 aromatic carbocycles. The first-order chi connectivity index (χ1) is 10.3. The Morgan fingerprint density at radius 1 is 1.41 bits per heavy atom. The fourth-order valence-electron chi connectivity index (χ4n) is 1.87. The normalized spacial score (nSPS) is 11.3. The van der Waals surface area contributed by atoms with Crippen LogP contribution in [0.4, 0.5) is 16.4 Å². The summed E-state index contributed by atoms with van der Waals surface area (Å²) >= 11 is 1.42. The summed E-state index contributed by atoms with van der Waals surface area (Å²) in [6, 6.07) is 5.54. The highest BCUT2D eigenvalue weighted by Gasteiger charge is 2.21. The zero-order valence-corrected chi connectivity index (χ0v) is 14.2. The second kappa shape index (κ2) is 6.36. The molecule has 0 unspecified atom stereocenters. The van der Waals surface area contributed by atoms with Crippen LogP contribution >= 0.6 is 11.3 Å². The maximum atomic E-state index is 12.4. The standard InChI is InChI=1S/C16H22N4OS/c1-5-16(3,4)20-15-13(18-9-22-15)14(21)19-12-7-6-10(2)8-11(12)17/h6-9,20H,5,17H2,1-4H3,(H,19,21). The molecule has 0 radical (unpaired) electrons. The van der Waals surface area contributed by atoms with E-state index in [0.717, 1.165) is 17.0 Å². The van der Waals surface area contributed by atoms with Gasteiger partial charge < -0.3 is 16.4 Å². The fourth-order valence-corrected chi connectivity index (χ4v) is 2.73. The molecule has 1 aromatic heterocycles. The topological polar surface area (TPSA) is 80.0 Å². The van der Waals surface area contributed by atoms with Crippen molar-refractivity contribution in [2.24, 2.45) is 0 Å². The van der Waals surface area contributed by atoms with E-state index in [1.165, 1.54) is 11.3 Å². The van der Waals surface area contributed by atoms with Gasteiger partial charge in [0, 0.05) is 5.54 Å². The van der Waals surface area contributed by atoms with Crippen LogP contribution in [0.15, 0.2) is 23.7 Å². The zero-order valence-electron chi connectivity index (χ0n) is 13.4. The molecule has 22 heavy (non-hydrogen) atoms. The van der Waals surface area contributed by atoms with Gasteiger partial charge in [-0.25, -0.2) is 4.98 Å². The summed E-state index contributed by atoms with van der Waals surface area (Å²) in [5.74, 6) is -0.258. The van der Waals surface area contributed by atoms with Gasteiger partial charge >= 0.3 is 0 Å². The van der Waals surface area contributed by atoms with Crippen molar-refractivity contribution in [3.05, 3.63) is 35.0 Å². The number of nitrogen functional groups attached to an aromatic ring is 1. The van der Waals surface area contributed by atoms with E-state index in [0.29, 0.717) is 17.1 Å². The summed E-state index contributed by atoms with van der Waals surface area (Å²) in [4.78, 5) is 16.6. The molecule has 5 nitrogen and oxygen atoms in total. The van der Waals surface area contributed by atoms with Crippen LogP contribution in [0.1, 0.15) is 43.2 Å². The molecule has 0 aliphatic rings. The number of benzene rings is 1. The Morgan fingerprint density at radius 3 is 2.77 bits per heavy atom. The number of nitrogens with one attached hydrogen (secondary N) is 2. The number of aryl methyl sites for hydroxylation is 1. The van der Waals surface area contributed by atoms with Crippen molar-refractivity contribution in [2.75, 3.05) is 16.4 Å². The highest BCUT2D eigenvalue weighted by Crippen LogP contribution is 2.27. The van der Waals surface area contributed by atoms with Gasteiger partial charge in [-0.2, -0.15) is 0 Å². The third-order valence-electron chi connectivity index (χ3n) is 3.57. The molecule has 0 aliphatic carbocycles. The maximum absolute atomic E-state index is 12.4. The molecular formula is C16H22N4OS. The molecular weight excluding hydrogens is 296 g/mol. The number of carbonyl (C=O) groups is 1. The summed E-state index contributed by atoms with van der Waals surface area (Å²) in [6.07, 6.45) is 0.941. The number of nitrogens with zero attached hydrogens (tertiary/aromatic N) is 1. The van der Waals surface area contributed by atoms with E-state index in [2.05, 4.69) is 36.4 Å². The van der Waals surface area contributed by atoms with Gasteiger partial charge in [0.05, 0.1) is 16.9 Å². The van der Waals surface area contributed by atoms with Crippen LogP contribution in [0.25, 0.3) is 0 Å². The molecule has 1 amide bonds. The van der Waals surface area contributed by atoms with Gasteiger partial charge in [0.1, 0.15) is 5.00 Å². The van der Waals surface area contributed by atoms with Crippen molar-refractivity contribution in [3.8, 4) is 0 Å². The molecule has 118 valence electrons. The Morgan fingerprint density at radius 2 is 2.14 bits per heavy atom. The zero-order chi connectivity index (χ0) is 16.3. The van der Waals surface area contributed by atoms with Crippen LogP contribution in [0.5, 0.6) is 0 Å². The maximum Gasteiger partial charge on any atom is 0.277 e. The lowest BCUT2D eigenvalue weighted by Gasteiger charge is -2.25. The number of thiazole rings is 1. The molecule has 0 spiro atoms. The van der Waals surface area contributed by atoms with E-state index < -0.39 is 0 Å². The van der Waals surface area contributed by atoms with Gasteiger partial charge in [0.15, 0.2) is 5.69 Å². The first-order valence-corrected chi connectivity index (χ1v) is 8.09. The Balaban J connectivity index is 2.19. The summed E-state index contributed by atoms with van der Waals surface area (Å²) < 4.78 is 0. The highest BCUT2D eigenvalue weighted by molar-refractivity contribution is 7.14. The Bertz CT molecular complexity index is 679. The van der Waals surface area contributed by atoms with Gasteiger partial charge in [0.25, 0.3) is 5.91 Å². The molecule has 2 aromatic rings. The lowest BCUT2D eigenvalue weighted by Crippen LogP contribution is -2.30.